The number of likely N-dealkylation sites (tertiary alicyclic amines) is 1. The number of ether oxygens (including phenoxy) is 1. The summed E-state index contributed by atoms with van der Waals surface area (Å²) in [7, 11) is 1.86. The van der Waals surface area contributed by atoms with E-state index in [1.54, 1.807) is 22.2 Å². The van der Waals surface area contributed by atoms with Gasteiger partial charge in [-0.15, -0.1) is 0 Å². The largest absolute Gasteiger partial charge is 0.481 e. The van der Waals surface area contributed by atoms with Crippen LogP contribution in [0.3, 0.4) is 0 Å². The van der Waals surface area contributed by atoms with Gasteiger partial charge in [0.25, 0.3) is 0 Å². The summed E-state index contributed by atoms with van der Waals surface area (Å²) in [6, 6.07) is 2.35. The minimum atomic E-state index is -5.00. The Hall–Kier alpha value is -4.30. The fourth-order valence-electron chi connectivity index (χ4n) is 7.60. The van der Waals surface area contributed by atoms with Crippen molar-refractivity contribution in [3.63, 3.8) is 0 Å². The highest BCUT2D eigenvalue weighted by Gasteiger charge is 2.42. The van der Waals surface area contributed by atoms with Crippen LogP contribution >= 0.6 is 0 Å². The van der Waals surface area contributed by atoms with Crippen LogP contribution in [0.5, 0.6) is 0 Å². The molecule has 1 aromatic carbocycles. The zero-order valence-electron chi connectivity index (χ0n) is 29.5. The molecular formula is C37H45F6N5O4. The second-order valence-electron chi connectivity index (χ2n) is 14.1. The summed E-state index contributed by atoms with van der Waals surface area (Å²) < 4.78 is 90.7. The van der Waals surface area contributed by atoms with Gasteiger partial charge in [0.15, 0.2) is 0 Å². The molecule has 284 valence electrons. The van der Waals surface area contributed by atoms with E-state index in [-0.39, 0.29) is 61.1 Å². The molecule has 1 saturated carbocycles. The van der Waals surface area contributed by atoms with Crippen molar-refractivity contribution in [3.05, 3.63) is 65.7 Å². The first-order chi connectivity index (χ1) is 24.5. The molecule has 1 aliphatic heterocycles. The van der Waals surface area contributed by atoms with Gasteiger partial charge in [-0.05, 0) is 93.0 Å². The van der Waals surface area contributed by atoms with Gasteiger partial charge in [-0.2, -0.15) is 26.3 Å². The molecule has 1 aliphatic carbocycles. The lowest BCUT2D eigenvalue weighted by Crippen LogP contribution is -2.57. The Labute approximate surface area is 299 Å². The fourth-order valence-corrected chi connectivity index (χ4v) is 7.60. The number of hydrogen-bond acceptors (Lipinski definition) is 6. The predicted molar refractivity (Wildman–Crippen MR) is 181 cm³/mol. The minimum absolute atomic E-state index is 0.116. The normalized spacial score (nSPS) is 22.6. The maximum Gasteiger partial charge on any atom is 0.416 e. The average Bonchev–Trinajstić information content (AvgIpc) is 3.54. The number of nitrogens with zero attached hydrogens (tertiary/aromatic N) is 5. The van der Waals surface area contributed by atoms with E-state index in [1.807, 2.05) is 43.9 Å². The third kappa shape index (κ3) is 9.57. The van der Waals surface area contributed by atoms with E-state index in [1.165, 1.54) is 0 Å². The molecule has 3 heterocycles. The standard InChI is InChI=1S/C37H45F6N5O4/c1-4-30-16-32(17-31(5-2)48(30)35(51)52-22-24-8-6-23(7-9-24)14-33(49)50)47(34-44-18-27(19-45-34)26-10-11-46(3)21-26)20-25-12-28(36(38,39)40)15-29(13-25)37(41,42)43/h10-13,15,18-19,21,23-24,30-32H,4-9,14,16-17,20,22H2,1-3H3,(H,49,50)/t23-,24-,30-,31+,32+. The zero-order chi connectivity index (χ0) is 37.8. The molecule has 2 fully saturated rings. The Bertz CT molecular complexity index is 1620. The number of rotatable bonds is 11. The summed E-state index contributed by atoms with van der Waals surface area (Å²) >= 11 is 0. The maximum atomic E-state index is 13.8. The van der Waals surface area contributed by atoms with E-state index in [2.05, 4.69) is 9.97 Å². The van der Waals surface area contributed by atoms with Crippen LogP contribution in [-0.2, 0) is 35.5 Å². The topological polar surface area (TPSA) is 101 Å². The highest BCUT2D eigenvalue weighted by atomic mass is 19.4. The monoisotopic (exact) mass is 737 g/mol. The second kappa shape index (κ2) is 16.2. The summed E-state index contributed by atoms with van der Waals surface area (Å²) in [5, 5.41) is 9.11. The molecule has 0 radical (unpaired) electrons. The van der Waals surface area contributed by atoms with E-state index in [9.17, 15) is 35.9 Å². The van der Waals surface area contributed by atoms with Crippen molar-refractivity contribution in [2.75, 3.05) is 11.5 Å². The Morgan fingerprint density at radius 2 is 1.44 bits per heavy atom. The molecule has 3 atom stereocenters. The number of aromatic nitrogens is 3. The van der Waals surface area contributed by atoms with Crippen LogP contribution in [0.1, 0.15) is 88.3 Å². The molecule has 2 aromatic heterocycles. The Morgan fingerprint density at radius 1 is 0.885 bits per heavy atom. The van der Waals surface area contributed by atoms with Gasteiger partial charge in [-0.25, -0.2) is 14.8 Å². The van der Waals surface area contributed by atoms with E-state index in [0.29, 0.717) is 31.2 Å². The lowest BCUT2D eigenvalue weighted by molar-refractivity contribution is -0.143. The molecule has 0 spiro atoms. The molecule has 15 heteroatoms. The van der Waals surface area contributed by atoms with Crippen LogP contribution in [-0.4, -0.2) is 61.3 Å². The van der Waals surface area contributed by atoms with Crippen LogP contribution in [0.4, 0.5) is 37.1 Å². The van der Waals surface area contributed by atoms with Crippen LogP contribution in [0.25, 0.3) is 11.1 Å². The first kappa shape index (κ1) is 38.9. The predicted octanol–water partition coefficient (Wildman–Crippen LogP) is 8.97. The van der Waals surface area contributed by atoms with E-state index >= 15 is 0 Å². The number of carboxylic acids is 1. The van der Waals surface area contributed by atoms with Gasteiger partial charge in [-0.3, -0.25) is 4.79 Å². The third-order valence-corrected chi connectivity index (χ3v) is 10.4. The van der Waals surface area contributed by atoms with E-state index in [4.69, 9.17) is 9.84 Å². The van der Waals surface area contributed by atoms with Crippen LogP contribution in [0.15, 0.2) is 49.1 Å². The molecule has 0 bridgehead atoms. The van der Waals surface area contributed by atoms with Crippen LogP contribution in [0.2, 0.25) is 0 Å². The van der Waals surface area contributed by atoms with Gasteiger partial charge in [0.1, 0.15) is 0 Å². The van der Waals surface area contributed by atoms with Gasteiger partial charge < -0.3 is 24.2 Å². The summed E-state index contributed by atoms with van der Waals surface area (Å²) in [6.45, 7) is 3.73. The van der Waals surface area contributed by atoms with Crippen LogP contribution < -0.4 is 4.90 Å². The zero-order valence-corrected chi connectivity index (χ0v) is 29.5. The maximum absolute atomic E-state index is 13.8. The molecule has 1 amide bonds. The first-order valence-corrected chi connectivity index (χ1v) is 17.7. The fraction of sp³-hybridized carbons (Fsp3) is 0.568. The minimum Gasteiger partial charge on any atom is -0.481 e. The molecule has 0 unspecified atom stereocenters. The highest BCUT2D eigenvalue weighted by molar-refractivity contribution is 5.69. The number of alkyl halides is 6. The quantitative estimate of drug-likeness (QED) is 0.196. The molecule has 1 N–H and O–H groups in total. The second-order valence-corrected chi connectivity index (χ2v) is 14.1. The van der Waals surface area contributed by atoms with Gasteiger partial charge in [0.2, 0.25) is 5.95 Å². The van der Waals surface area contributed by atoms with Gasteiger partial charge in [-0.1, -0.05) is 13.8 Å². The number of aryl methyl sites for hydroxylation is 1. The Kier molecular flexibility index (Phi) is 12.1. The summed E-state index contributed by atoms with van der Waals surface area (Å²) in [6.07, 6.45) is 1.38. The number of aliphatic carboxylic acids is 1. The SMILES string of the molecule is CC[C@@H]1C[C@H](N(Cc2cc(C(F)(F)F)cc(C(F)(F)F)c2)c2ncc(-c3ccn(C)c3)cn2)C[C@H](CC)N1C(=O)OC[C@H]1CC[C@H](CC(=O)O)CC1. The first-order valence-electron chi connectivity index (χ1n) is 17.7. The number of carbonyl (C=O) groups excluding carboxylic acids is 1. The number of benzene rings is 1. The molecule has 3 aromatic rings. The van der Waals surface area contributed by atoms with Gasteiger partial charge >= 0.3 is 24.4 Å². The van der Waals surface area contributed by atoms with Crippen molar-refractivity contribution >= 4 is 18.0 Å². The molecule has 2 aliphatic rings. The van der Waals surface area contributed by atoms with E-state index < -0.39 is 41.6 Å². The van der Waals surface area contributed by atoms with Crippen molar-refractivity contribution in [1.29, 1.82) is 0 Å². The van der Waals surface area contributed by atoms with Gasteiger partial charge in [0.05, 0.1) is 17.7 Å². The van der Waals surface area contributed by atoms with Crippen molar-refractivity contribution < 1.29 is 45.8 Å². The van der Waals surface area contributed by atoms with Gasteiger partial charge in [0, 0.05) is 74.1 Å². The van der Waals surface area contributed by atoms with Crippen molar-refractivity contribution in [3.8, 4) is 11.1 Å². The highest BCUT2D eigenvalue weighted by Crippen LogP contribution is 2.39. The molecule has 5 rings (SSSR count). The number of carbonyl (C=O) groups is 2. The molecular weight excluding hydrogens is 692 g/mol. The number of halogens is 6. The summed E-state index contributed by atoms with van der Waals surface area (Å²) in [5.74, 6) is -0.415. The van der Waals surface area contributed by atoms with Crippen molar-refractivity contribution in [2.24, 2.45) is 18.9 Å². The molecule has 52 heavy (non-hydrogen) atoms. The number of carboxylic acid groups (broad SMARTS) is 1. The van der Waals surface area contributed by atoms with Crippen molar-refractivity contribution in [2.45, 2.75) is 109 Å². The number of hydrogen-bond donors (Lipinski definition) is 1. The number of piperidine rings is 1. The lowest BCUT2D eigenvalue weighted by atomic mass is 9.81. The lowest BCUT2D eigenvalue weighted by Gasteiger charge is -2.47. The molecule has 9 nitrogen and oxygen atoms in total. The Balaban J connectivity index is 1.40. The smallest absolute Gasteiger partial charge is 0.416 e. The average molecular weight is 738 g/mol. The van der Waals surface area contributed by atoms with Crippen LogP contribution in [0, 0.1) is 11.8 Å². The summed E-state index contributed by atoms with van der Waals surface area (Å²) in [4.78, 5) is 37.2. The Morgan fingerprint density at radius 3 is 1.92 bits per heavy atom. The molecule has 1 saturated heterocycles. The third-order valence-electron chi connectivity index (χ3n) is 10.4. The number of anilines is 1. The van der Waals surface area contributed by atoms with Crippen molar-refractivity contribution in [1.82, 2.24) is 19.4 Å². The van der Waals surface area contributed by atoms with E-state index in [0.717, 1.165) is 43.4 Å². The summed E-state index contributed by atoms with van der Waals surface area (Å²) in [5.41, 5.74) is -1.47. The number of amides is 1.